The van der Waals surface area contributed by atoms with Crippen LogP contribution >= 0.6 is 0 Å². The topological polar surface area (TPSA) is 68.0 Å². The van der Waals surface area contributed by atoms with E-state index in [1.165, 1.54) is 24.0 Å². The van der Waals surface area contributed by atoms with E-state index in [1.54, 1.807) is 4.68 Å². The lowest BCUT2D eigenvalue weighted by atomic mass is 9.90. The number of aryl methyl sites for hydroxylation is 1. The molecule has 0 amide bonds. The first kappa shape index (κ1) is 12.8. The van der Waals surface area contributed by atoms with Gasteiger partial charge in [-0.25, -0.2) is 9.48 Å². The second-order valence-electron chi connectivity index (χ2n) is 5.08. The molecule has 0 radical (unpaired) electrons. The van der Waals surface area contributed by atoms with Crippen LogP contribution in [0.1, 0.15) is 47.1 Å². The Morgan fingerprint density at radius 1 is 1.35 bits per heavy atom. The van der Waals surface area contributed by atoms with Crippen LogP contribution in [0.4, 0.5) is 0 Å². The SMILES string of the molecule is CCc1c(C(=O)O)nnn1-c1cccc2c1CCCC2. The zero-order chi connectivity index (χ0) is 14.1. The smallest absolute Gasteiger partial charge is 0.358 e. The third-order valence-electron chi connectivity index (χ3n) is 3.90. The molecule has 0 atom stereocenters. The molecule has 0 unspecified atom stereocenters. The highest BCUT2D eigenvalue weighted by Crippen LogP contribution is 2.27. The molecule has 3 rings (SSSR count). The zero-order valence-electron chi connectivity index (χ0n) is 11.5. The number of rotatable bonds is 3. The van der Waals surface area contributed by atoms with Crippen molar-refractivity contribution in [3.8, 4) is 5.69 Å². The van der Waals surface area contributed by atoms with Crippen LogP contribution in [0.5, 0.6) is 0 Å². The number of hydrogen-bond donors (Lipinski definition) is 1. The van der Waals surface area contributed by atoms with Crippen LogP contribution < -0.4 is 0 Å². The van der Waals surface area contributed by atoms with E-state index < -0.39 is 5.97 Å². The molecule has 5 heteroatoms. The highest BCUT2D eigenvalue weighted by atomic mass is 16.4. The highest BCUT2D eigenvalue weighted by Gasteiger charge is 2.21. The van der Waals surface area contributed by atoms with Gasteiger partial charge in [0.25, 0.3) is 0 Å². The molecule has 5 nitrogen and oxygen atoms in total. The largest absolute Gasteiger partial charge is 0.476 e. The third-order valence-corrected chi connectivity index (χ3v) is 3.90. The van der Waals surface area contributed by atoms with Crippen LogP contribution in [-0.2, 0) is 19.3 Å². The Kier molecular flexibility index (Phi) is 3.26. The number of carboxylic acids is 1. The first-order chi connectivity index (χ1) is 9.72. The van der Waals surface area contributed by atoms with Gasteiger partial charge in [-0.3, -0.25) is 0 Å². The summed E-state index contributed by atoms with van der Waals surface area (Å²) in [5.74, 6) is -1.02. The average Bonchev–Trinajstić information content (AvgIpc) is 2.90. The van der Waals surface area contributed by atoms with Crippen molar-refractivity contribution < 1.29 is 9.90 Å². The molecular formula is C15H17N3O2. The standard InChI is InChI=1S/C15H17N3O2/c1-2-12-14(15(19)20)16-17-18(12)13-9-5-7-10-6-3-4-8-11(10)13/h5,7,9H,2-4,6,8H2,1H3,(H,19,20). The maximum atomic E-state index is 11.2. The van der Waals surface area contributed by atoms with Crippen molar-refractivity contribution in [2.75, 3.05) is 0 Å². The molecular weight excluding hydrogens is 254 g/mol. The summed E-state index contributed by atoms with van der Waals surface area (Å²) in [6.45, 7) is 1.93. The van der Waals surface area contributed by atoms with Gasteiger partial charge in [-0.15, -0.1) is 5.10 Å². The number of hydrogen-bond acceptors (Lipinski definition) is 3. The van der Waals surface area contributed by atoms with Crippen LogP contribution in [0.3, 0.4) is 0 Å². The molecule has 0 fully saturated rings. The van der Waals surface area contributed by atoms with E-state index >= 15 is 0 Å². The zero-order valence-corrected chi connectivity index (χ0v) is 11.5. The second-order valence-corrected chi connectivity index (χ2v) is 5.08. The van der Waals surface area contributed by atoms with Gasteiger partial charge >= 0.3 is 5.97 Å². The number of nitrogens with zero attached hydrogens (tertiary/aromatic N) is 3. The molecule has 0 spiro atoms. The van der Waals surface area contributed by atoms with Crippen LogP contribution in [-0.4, -0.2) is 26.1 Å². The fraction of sp³-hybridized carbons (Fsp3) is 0.400. The molecule has 1 N–H and O–H groups in total. The van der Waals surface area contributed by atoms with E-state index in [9.17, 15) is 9.90 Å². The predicted octanol–water partition coefficient (Wildman–Crippen LogP) is 2.41. The summed E-state index contributed by atoms with van der Waals surface area (Å²) in [6.07, 6.45) is 5.10. The van der Waals surface area contributed by atoms with Gasteiger partial charge in [0.05, 0.1) is 11.4 Å². The molecule has 20 heavy (non-hydrogen) atoms. The number of fused-ring (bicyclic) bond motifs is 1. The monoisotopic (exact) mass is 271 g/mol. The van der Waals surface area contributed by atoms with E-state index in [2.05, 4.69) is 16.4 Å². The van der Waals surface area contributed by atoms with Crippen molar-refractivity contribution in [1.82, 2.24) is 15.0 Å². The minimum Gasteiger partial charge on any atom is -0.476 e. The maximum absolute atomic E-state index is 11.2. The lowest BCUT2D eigenvalue weighted by Crippen LogP contribution is -2.11. The van der Waals surface area contributed by atoms with E-state index in [0.717, 1.165) is 18.5 Å². The van der Waals surface area contributed by atoms with Crippen molar-refractivity contribution in [3.05, 3.63) is 40.7 Å². The summed E-state index contributed by atoms with van der Waals surface area (Å²) in [4.78, 5) is 11.2. The van der Waals surface area contributed by atoms with Crippen LogP contribution in [0, 0.1) is 0 Å². The van der Waals surface area contributed by atoms with Gasteiger partial charge in [0.1, 0.15) is 0 Å². The van der Waals surface area contributed by atoms with Gasteiger partial charge in [0.15, 0.2) is 5.69 Å². The molecule has 104 valence electrons. The van der Waals surface area contributed by atoms with Crippen molar-refractivity contribution in [1.29, 1.82) is 0 Å². The number of benzene rings is 1. The lowest BCUT2D eigenvalue weighted by Gasteiger charge is -2.19. The Hall–Kier alpha value is -2.17. The molecule has 0 bridgehead atoms. The molecule has 1 heterocycles. The molecule has 1 aromatic carbocycles. The van der Waals surface area contributed by atoms with Gasteiger partial charge in [-0.2, -0.15) is 0 Å². The average molecular weight is 271 g/mol. The predicted molar refractivity (Wildman–Crippen MR) is 74.3 cm³/mol. The van der Waals surface area contributed by atoms with Crippen LogP contribution in [0.2, 0.25) is 0 Å². The molecule has 0 aliphatic heterocycles. The van der Waals surface area contributed by atoms with Crippen LogP contribution in [0.15, 0.2) is 18.2 Å². The van der Waals surface area contributed by atoms with Gasteiger partial charge < -0.3 is 5.11 Å². The normalized spacial score (nSPS) is 14.1. The Labute approximate surface area is 117 Å². The van der Waals surface area contributed by atoms with Crippen molar-refractivity contribution in [2.45, 2.75) is 39.0 Å². The summed E-state index contributed by atoms with van der Waals surface area (Å²) < 4.78 is 1.70. The van der Waals surface area contributed by atoms with Gasteiger partial charge in [-0.05, 0) is 49.3 Å². The minimum atomic E-state index is -1.02. The maximum Gasteiger partial charge on any atom is 0.358 e. The summed E-state index contributed by atoms with van der Waals surface area (Å²) in [7, 11) is 0. The van der Waals surface area contributed by atoms with E-state index in [0.29, 0.717) is 12.1 Å². The highest BCUT2D eigenvalue weighted by molar-refractivity contribution is 5.86. The van der Waals surface area contributed by atoms with Crippen LogP contribution in [0.25, 0.3) is 5.69 Å². The fourth-order valence-electron chi connectivity index (χ4n) is 2.94. The quantitative estimate of drug-likeness (QED) is 0.930. The van der Waals surface area contributed by atoms with E-state index in [-0.39, 0.29) is 5.69 Å². The molecule has 1 aliphatic carbocycles. The Balaban J connectivity index is 2.17. The first-order valence-corrected chi connectivity index (χ1v) is 7.01. The Bertz CT molecular complexity index is 661. The Morgan fingerprint density at radius 3 is 2.90 bits per heavy atom. The summed E-state index contributed by atoms with van der Waals surface area (Å²) in [5.41, 5.74) is 4.34. The number of aromatic nitrogens is 3. The van der Waals surface area contributed by atoms with Crippen molar-refractivity contribution in [2.24, 2.45) is 0 Å². The van der Waals surface area contributed by atoms with Gasteiger partial charge in [0, 0.05) is 0 Å². The molecule has 1 aliphatic rings. The summed E-state index contributed by atoms with van der Waals surface area (Å²) in [6, 6.07) is 6.17. The molecule has 0 saturated carbocycles. The molecule has 0 saturated heterocycles. The fourth-order valence-corrected chi connectivity index (χ4v) is 2.94. The van der Waals surface area contributed by atoms with Gasteiger partial charge in [-0.1, -0.05) is 24.3 Å². The number of aromatic carboxylic acids is 1. The lowest BCUT2D eigenvalue weighted by molar-refractivity contribution is 0.0689. The van der Waals surface area contributed by atoms with E-state index in [4.69, 9.17) is 0 Å². The molecule has 1 aromatic heterocycles. The third kappa shape index (κ3) is 1.99. The number of carbonyl (C=O) groups is 1. The van der Waals surface area contributed by atoms with E-state index in [1.807, 2.05) is 19.1 Å². The first-order valence-electron chi connectivity index (χ1n) is 7.01. The summed E-state index contributed by atoms with van der Waals surface area (Å²) in [5, 5.41) is 17.1. The van der Waals surface area contributed by atoms with Crippen molar-refractivity contribution in [3.63, 3.8) is 0 Å². The minimum absolute atomic E-state index is 0.0564. The van der Waals surface area contributed by atoms with Gasteiger partial charge in [0.2, 0.25) is 0 Å². The molecule has 2 aromatic rings. The summed E-state index contributed by atoms with van der Waals surface area (Å²) >= 11 is 0. The Morgan fingerprint density at radius 2 is 2.15 bits per heavy atom. The number of carboxylic acid groups (broad SMARTS) is 1. The van der Waals surface area contributed by atoms with Crippen molar-refractivity contribution >= 4 is 5.97 Å². The second kappa shape index (κ2) is 5.07.